The van der Waals surface area contributed by atoms with Gasteiger partial charge < -0.3 is 10.1 Å². The zero-order valence-electron chi connectivity index (χ0n) is 16.6. The molecule has 0 unspecified atom stereocenters. The van der Waals surface area contributed by atoms with Crippen LogP contribution in [-0.4, -0.2) is 63.9 Å². The molecule has 0 bridgehead atoms. The molecule has 166 valence electrons. The van der Waals surface area contributed by atoms with Crippen LogP contribution in [0.2, 0.25) is 0 Å². The van der Waals surface area contributed by atoms with E-state index in [0.29, 0.717) is 5.06 Å². The minimum Gasteiger partial charge on any atom is -0.444 e. The molecular weight excluding hydrogens is 444 g/mol. The fraction of sp³-hybridized carbons (Fsp3) is 0.533. The van der Waals surface area contributed by atoms with Crippen molar-refractivity contribution in [2.75, 3.05) is 5.32 Å². The van der Waals surface area contributed by atoms with Crippen LogP contribution in [0.25, 0.3) is 0 Å². The lowest BCUT2D eigenvalue weighted by atomic mass is 9.84. The SMILES string of the molecule is CC(C)(C)OC(=O)Nc1nc(C(=O)C(=O)N[C@@H]2C(=O)N(OS(=O)(=O)O)C2(C)C)cs1. The summed E-state index contributed by atoms with van der Waals surface area (Å²) in [5.74, 6) is -3.24. The van der Waals surface area contributed by atoms with Crippen LogP contribution < -0.4 is 10.6 Å². The maximum atomic E-state index is 12.3. The second kappa shape index (κ2) is 7.90. The number of rotatable bonds is 6. The quantitative estimate of drug-likeness (QED) is 0.232. The Morgan fingerprint density at radius 2 is 1.90 bits per heavy atom. The van der Waals surface area contributed by atoms with Crippen LogP contribution in [0.3, 0.4) is 0 Å². The summed E-state index contributed by atoms with van der Waals surface area (Å²) < 4.78 is 39.5. The van der Waals surface area contributed by atoms with Gasteiger partial charge in [0.25, 0.3) is 17.6 Å². The van der Waals surface area contributed by atoms with Crippen LogP contribution in [0.5, 0.6) is 0 Å². The number of nitrogens with one attached hydrogen (secondary N) is 2. The number of β-lactam (4-membered cyclic amide) rings is 1. The van der Waals surface area contributed by atoms with Crippen molar-refractivity contribution in [1.82, 2.24) is 15.4 Å². The summed E-state index contributed by atoms with van der Waals surface area (Å²) in [6.07, 6.45) is -0.791. The van der Waals surface area contributed by atoms with Gasteiger partial charge in [0.2, 0.25) is 0 Å². The smallest absolute Gasteiger partial charge is 0.418 e. The van der Waals surface area contributed by atoms with Gasteiger partial charge in [-0.25, -0.2) is 9.78 Å². The summed E-state index contributed by atoms with van der Waals surface area (Å²) in [4.78, 5) is 52.0. The van der Waals surface area contributed by atoms with E-state index in [-0.39, 0.29) is 10.8 Å². The normalized spacial score (nSPS) is 18.4. The van der Waals surface area contributed by atoms with E-state index in [1.807, 2.05) is 0 Å². The molecule has 2 heterocycles. The van der Waals surface area contributed by atoms with Crippen molar-refractivity contribution >= 4 is 50.6 Å². The molecule has 1 saturated heterocycles. The molecule has 0 aliphatic carbocycles. The number of nitrogens with zero attached hydrogens (tertiary/aromatic N) is 2. The van der Waals surface area contributed by atoms with E-state index in [4.69, 9.17) is 9.29 Å². The summed E-state index contributed by atoms with van der Waals surface area (Å²) >= 11 is 0.882. The highest BCUT2D eigenvalue weighted by Crippen LogP contribution is 2.32. The topological polar surface area (TPSA) is 181 Å². The van der Waals surface area contributed by atoms with Crippen molar-refractivity contribution in [2.24, 2.45) is 0 Å². The Bertz CT molecular complexity index is 994. The van der Waals surface area contributed by atoms with E-state index in [9.17, 15) is 27.6 Å². The van der Waals surface area contributed by atoms with E-state index in [0.717, 1.165) is 11.3 Å². The largest absolute Gasteiger partial charge is 0.444 e. The molecule has 0 aromatic carbocycles. The molecule has 1 aromatic rings. The lowest BCUT2D eigenvalue weighted by molar-refractivity contribution is -0.218. The number of ether oxygens (including phenoxy) is 1. The molecule has 1 fully saturated rings. The first-order valence-corrected chi connectivity index (χ1v) is 10.6. The molecule has 1 aliphatic heterocycles. The number of thiazole rings is 1. The molecule has 3 amide bonds. The van der Waals surface area contributed by atoms with Crippen molar-refractivity contribution in [3.8, 4) is 0 Å². The van der Waals surface area contributed by atoms with Crippen molar-refractivity contribution in [3.63, 3.8) is 0 Å². The molecule has 0 saturated carbocycles. The van der Waals surface area contributed by atoms with Crippen LogP contribution in [0.15, 0.2) is 5.38 Å². The zero-order valence-corrected chi connectivity index (χ0v) is 18.2. The highest BCUT2D eigenvalue weighted by atomic mass is 32.3. The number of aromatic nitrogens is 1. The average Bonchev–Trinajstić information content (AvgIpc) is 3.01. The van der Waals surface area contributed by atoms with Crippen molar-refractivity contribution in [3.05, 3.63) is 11.1 Å². The Hall–Kier alpha value is -2.62. The fourth-order valence-corrected chi connectivity index (χ4v) is 3.49. The highest BCUT2D eigenvalue weighted by Gasteiger charge is 2.58. The third-order valence-corrected chi connectivity index (χ3v) is 4.77. The standard InChI is InChI=1S/C15H20N4O9S2/c1-14(2,3)27-13(23)18-12-16-7(6-29-12)8(20)10(21)17-9-11(22)19(15(9,4)5)28-30(24,25)26/h6,9H,1-5H3,(H,17,21)(H,16,18,23)(H,24,25,26)/t9-/m1/s1. The van der Waals surface area contributed by atoms with Crippen LogP contribution in [0.4, 0.5) is 9.93 Å². The minimum atomic E-state index is -4.95. The molecule has 15 heteroatoms. The number of ketones is 1. The Morgan fingerprint density at radius 1 is 1.30 bits per heavy atom. The van der Waals surface area contributed by atoms with Gasteiger partial charge in [-0.1, -0.05) is 0 Å². The fourth-order valence-electron chi connectivity index (χ4n) is 2.36. The van der Waals surface area contributed by atoms with Crippen LogP contribution in [-0.2, 0) is 29.0 Å². The number of anilines is 1. The Morgan fingerprint density at radius 3 is 2.40 bits per heavy atom. The third-order valence-electron chi connectivity index (χ3n) is 3.67. The number of Topliss-reactive ketones (excluding diaryl/α,β-unsaturated/α-hetero) is 1. The summed E-state index contributed by atoms with van der Waals surface area (Å²) in [6, 6.07) is -1.28. The monoisotopic (exact) mass is 464 g/mol. The molecule has 0 radical (unpaired) electrons. The first-order valence-electron chi connectivity index (χ1n) is 8.33. The zero-order chi connectivity index (χ0) is 23.1. The number of carbonyl (C=O) groups excluding carboxylic acids is 4. The summed E-state index contributed by atoms with van der Waals surface area (Å²) in [7, 11) is -4.95. The molecule has 13 nitrogen and oxygen atoms in total. The number of hydrogen-bond acceptors (Lipinski definition) is 10. The minimum absolute atomic E-state index is 0.0215. The van der Waals surface area contributed by atoms with E-state index in [1.165, 1.54) is 19.2 Å². The van der Waals surface area contributed by atoms with Crippen LogP contribution in [0.1, 0.15) is 45.1 Å². The van der Waals surface area contributed by atoms with E-state index < -0.39 is 51.3 Å². The van der Waals surface area contributed by atoms with Gasteiger partial charge >= 0.3 is 16.5 Å². The van der Waals surface area contributed by atoms with Crippen molar-refractivity contribution in [2.45, 2.75) is 51.8 Å². The highest BCUT2D eigenvalue weighted by molar-refractivity contribution is 7.80. The van der Waals surface area contributed by atoms with Crippen molar-refractivity contribution < 1.29 is 41.2 Å². The Balaban J connectivity index is 2.01. The lowest BCUT2D eigenvalue weighted by Crippen LogP contribution is -2.76. The number of hydrogen-bond donors (Lipinski definition) is 3. The second-order valence-electron chi connectivity index (χ2n) is 7.69. The molecule has 1 aliphatic rings. The van der Waals surface area contributed by atoms with Gasteiger partial charge in [0.05, 0.1) is 5.54 Å². The van der Waals surface area contributed by atoms with Gasteiger partial charge in [-0.3, -0.25) is 24.3 Å². The van der Waals surface area contributed by atoms with Crippen LogP contribution in [0, 0.1) is 0 Å². The molecule has 30 heavy (non-hydrogen) atoms. The average molecular weight is 464 g/mol. The predicted octanol–water partition coefficient (Wildman–Crippen LogP) is 0.513. The van der Waals surface area contributed by atoms with Gasteiger partial charge in [0.1, 0.15) is 17.3 Å². The van der Waals surface area contributed by atoms with Gasteiger partial charge in [-0.15, -0.1) is 15.6 Å². The molecule has 2 rings (SSSR count). The summed E-state index contributed by atoms with van der Waals surface area (Å²) in [6.45, 7) is 7.69. The third kappa shape index (κ3) is 5.50. The molecular formula is C15H20N4O9S2. The predicted molar refractivity (Wildman–Crippen MR) is 102 cm³/mol. The van der Waals surface area contributed by atoms with Gasteiger partial charge in [-0.2, -0.15) is 13.5 Å². The van der Waals surface area contributed by atoms with E-state index in [2.05, 4.69) is 19.9 Å². The maximum Gasteiger partial charge on any atom is 0.418 e. The second-order valence-corrected chi connectivity index (χ2v) is 9.55. The maximum absolute atomic E-state index is 12.3. The number of amides is 3. The number of carbonyl (C=O) groups is 4. The van der Waals surface area contributed by atoms with Crippen molar-refractivity contribution in [1.29, 1.82) is 0 Å². The van der Waals surface area contributed by atoms with E-state index >= 15 is 0 Å². The van der Waals surface area contributed by atoms with Gasteiger partial charge in [-0.05, 0) is 34.6 Å². The lowest BCUT2D eigenvalue weighted by Gasteiger charge is -2.50. The van der Waals surface area contributed by atoms with E-state index in [1.54, 1.807) is 20.8 Å². The molecule has 3 N–H and O–H groups in total. The molecule has 0 spiro atoms. The Kier molecular flexibility index (Phi) is 6.23. The first-order chi connectivity index (χ1) is 13.5. The summed E-state index contributed by atoms with van der Waals surface area (Å²) in [5, 5.41) is 6.11. The molecule has 1 aromatic heterocycles. The van der Waals surface area contributed by atoms with Gasteiger partial charge in [0.15, 0.2) is 5.13 Å². The van der Waals surface area contributed by atoms with Gasteiger partial charge in [0, 0.05) is 5.38 Å². The number of hydroxylamine groups is 2. The summed E-state index contributed by atoms with van der Waals surface area (Å²) in [5.41, 5.74) is -2.39. The molecule has 1 atom stereocenters. The van der Waals surface area contributed by atoms with Crippen LogP contribution >= 0.6 is 11.3 Å². The first kappa shape index (κ1) is 23.7. The Labute approximate surface area is 175 Å².